The summed E-state index contributed by atoms with van der Waals surface area (Å²) in [4.78, 5) is 21.8. The molecule has 6 rings (SSSR count). The Morgan fingerprint density at radius 1 is 0.808 bits per heavy atom. The van der Waals surface area contributed by atoms with Crippen molar-refractivity contribution in [2.24, 2.45) is 29.4 Å². The van der Waals surface area contributed by atoms with E-state index in [2.05, 4.69) is 30.3 Å². The molecular weight excluding hydrogens is 326 g/mol. The molecule has 2 saturated carbocycles. The van der Waals surface area contributed by atoms with Crippen LogP contribution in [-0.2, 0) is 22.4 Å². The molecule has 4 aliphatic rings. The first kappa shape index (κ1) is 15.6. The number of benzene rings is 2. The summed E-state index contributed by atoms with van der Waals surface area (Å²) in [6.07, 6.45) is 2.02. The lowest BCUT2D eigenvalue weighted by Crippen LogP contribution is -2.16. The summed E-state index contributed by atoms with van der Waals surface area (Å²) in [5.41, 5.74) is 10.7. The fourth-order valence-electron chi connectivity index (χ4n) is 5.43. The van der Waals surface area contributed by atoms with Crippen LogP contribution in [-0.4, -0.2) is 17.0 Å². The van der Waals surface area contributed by atoms with Crippen LogP contribution in [0.4, 0.5) is 0 Å². The van der Waals surface area contributed by atoms with Gasteiger partial charge in [-0.15, -0.1) is 0 Å². The number of carbonyl (C=O) groups excluding carboxylic acids is 1. The summed E-state index contributed by atoms with van der Waals surface area (Å²) >= 11 is 0. The zero-order valence-corrected chi connectivity index (χ0v) is 14.3. The van der Waals surface area contributed by atoms with Gasteiger partial charge in [-0.1, -0.05) is 48.5 Å². The van der Waals surface area contributed by atoms with Gasteiger partial charge in [0.15, 0.2) is 0 Å². The Morgan fingerprint density at radius 3 is 1.77 bits per heavy atom. The maximum absolute atomic E-state index is 11.0. The molecule has 0 spiro atoms. The van der Waals surface area contributed by atoms with E-state index >= 15 is 0 Å². The second-order valence-corrected chi connectivity index (χ2v) is 7.98. The Balaban J connectivity index is 0.000000115. The van der Waals surface area contributed by atoms with Crippen LogP contribution in [0.15, 0.2) is 48.5 Å². The number of primary amides is 1. The number of carboxylic acid groups (broad SMARTS) is 1. The van der Waals surface area contributed by atoms with Gasteiger partial charge in [0, 0.05) is 11.8 Å². The van der Waals surface area contributed by atoms with Crippen LogP contribution in [0.1, 0.15) is 34.1 Å². The molecule has 3 N–H and O–H groups in total. The van der Waals surface area contributed by atoms with Crippen molar-refractivity contribution in [3.63, 3.8) is 0 Å². The highest BCUT2D eigenvalue weighted by atomic mass is 16.4. The minimum Gasteiger partial charge on any atom is -0.481 e. The number of nitrogens with two attached hydrogens (primary N) is 1. The molecule has 4 heteroatoms. The van der Waals surface area contributed by atoms with Crippen LogP contribution in [0.5, 0.6) is 0 Å². The highest BCUT2D eigenvalue weighted by Crippen LogP contribution is 2.61. The molecule has 0 saturated heterocycles. The zero-order valence-electron chi connectivity index (χ0n) is 14.3. The van der Waals surface area contributed by atoms with Crippen LogP contribution < -0.4 is 5.73 Å². The van der Waals surface area contributed by atoms with Gasteiger partial charge in [0.05, 0.1) is 5.92 Å². The van der Waals surface area contributed by atoms with Crippen LogP contribution >= 0.6 is 0 Å². The Morgan fingerprint density at radius 2 is 1.27 bits per heavy atom. The third kappa shape index (κ3) is 2.21. The highest BCUT2D eigenvalue weighted by Gasteiger charge is 2.59. The average Bonchev–Trinajstić information content (AvgIpc) is 3.45. The quantitative estimate of drug-likeness (QED) is 0.876. The van der Waals surface area contributed by atoms with Crippen molar-refractivity contribution in [2.45, 2.75) is 24.7 Å². The standard InChI is InChI=1S/C11H11NO.C11H10O2/c2*12-11(13)10-8-5-6-3-1-2-4-7(6)9(8)10/h1-4,8-10H,5H2,(H2,12,13);1-4,8-10H,5H2,(H,12,13). The predicted molar refractivity (Wildman–Crippen MR) is 96.6 cm³/mol. The normalized spacial score (nSPS) is 33.7. The topological polar surface area (TPSA) is 80.4 Å². The molecule has 4 nitrogen and oxygen atoms in total. The summed E-state index contributed by atoms with van der Waals surface area (Å²) in [6.45, 7) is 0. The summed E-state index contributed by atoms with van der Waals surface area (Å²) in [5.74, 6) is 1.01. The van der Waals surface area contributed by atoms with E-state index < -0.39 is 5.97 Å². The second kappa shape index (κ2) is 5.44. The third-order valence-electron chi connectivity index (χ3n) is 6.69. The number of amides is 1. The van der Waals surface area contributed by atoms with E-state index in [4.69, 9.17) is 10.8 Å². The van der Waals surface area contributed by atoms with Crippen molar-refractivity contribution in [2.75, 3.05) is 0 Å². The monoisotopic (exact) mass is 347 g/mol. The summed E-state index contributed by atoms with van der Waals surface area (Å²) in [6, 6.07) is 16.6. The van der Waals surface area contributed by atoms with Gasteiger partial charge in [-0.25, -0.2) is 0 Å². The van der Waals surface area contributed by atoms with Crippen molar-refractivity contribution in [3.05, 3.63) is 70.8 Å². The molecule has 2 aromatic rings. The van der Waals surface area contributed by atoms with Crippen LogP contribution in [0.2, 0.25) is 0 Å². The summed E-state index contributed by atoms with van der Waals surface area (Å²) in [7, 11) is 0. The maximum atomic E-state index is 11.0. The fourth-order valence-corrected chi connectivity index (χ4v) is 5.43. The fraction of sp³-hybridized carbons (Fsp3) is 0.364. The molecule has 6 unspecified atom stereocenters. The molecule has 2 fully saturated rings. The van der Waals surface area contributed by atoms with Crippen molar-refractivity contribution in [3.8, 4) is 0 Å². The molecule has 1 amide bonds. The van der Waals surface area contributed by atoms with Crippen molar-refractivity contribution in [1.29, 1.82) is 0 Å². The van der Waals surface area contributed by atoms with Gasteiger partial charge in [0.2, 0.25) is 5.91 Å². The largest absolute Gasteiger partial charge is 0.481 e. The molecule has 132 valence electrons. The number of rotatable bonds is 2. The Labute approximate surface area is 152 Å². The number of hydrogen-bond acceptors (Lipinski definition) is 2. The second-order valence-electron chi connectivity index (χ2n) is 7.98. The first-order valence-electron chi connectivity index (χ1n) is 9.25. The average molecular weight is 347 g/mol. The van der Waals surface area contributed by atoms with Crippen LogP contribution in [0.3, 0.4) is 0 Å². The molecule has 26 heavy (non-hydrogen) atoms. The number of hydrogen-bond donors (Lipinski definition) is 2. The van der Waals surface area contributed by atoms with E-state index in [-0.39, 0.29) is 17.7 Å². The van der Waals surface area contributed by atoms with Crippen molar-refractivity contribution >= 4 is 11.9 Å². The SMILES string of the molecule is NC(=O)C1C2Cc3ccccc3C21.O=C(O)C1C2Cc3ccccc3C21. The van der Waals surface area contributed by atoms with Crippen molar-refractivity contribution < 1.29 is 14.7 Å². The molecular formula is C22H21NO3. The minimum atomic E-state index is -0.621. The van der Waals surface area contributed by atoms with Gasteiger partial charge in [-0.05, 0) is 52.8 Å². The van der Waals surface area contributed by atoms with E-state index in [1.807, 2.05) is 18.2 Å². The molecule has 0 radical (unpaired) electrons. The van der Waals surface area contributed by atoms with E-state index in [0.717, 1.165) is 12.8 Å². The number of fused-ring (bicyclic) bond motifs is 6. The van der Waals surface area contributed by atoms with Gasteiger partial charge >= 0.3 is 5.97 Å². The molecule has 0 aliphatic heterocycles. The smallest absolute Gasteiger partial charge is 0.307 e. The Bertz CT molecular complexity index is 846. The van der Waals surface area contributed by atoms with Crippen LogP contribution in [0.25, 0.3) is 0 Å². The third-order valence-corrected chi connectivity index (χ3v) is 6.69. The lowest BCUT2D eigenvalue weighted by Gasteiger charge is -2.03. The highest BCUT2D eigenvalue weighted by molar-refractivity contribution is 5.83. The first-order chi connectivity index (χ1) is 12.6. The number of carboxylic acids is 1. The lowest BCUT2D eigenvalue weighted by atomic mass is 10.0. The minimum absolute atomic E-state index is 0.0881. The van der Waals surface area contributed by atoms with E-state index in [0.29, 0.717) is 23.7 Å². The maximum Gasteiger partial charge on any atom is 0.307 e. The number of aliphatic carboxylic acids is 1. The summed E-state index contributed by atoms with van der Waals surface area (Å²) in [5, 5.41) is 8.88. The van der Waals surface area contributed by atoms with E-state index in [9.17, 15) is 9.59 Å². The van der Waals surface area contributed by atoms with Gasteiger partial charge in [-0.2, -0.15) is 0 Å². The molecule has 0 aromatic heterocycles. The van der Waals surface area contributed by atoms with E-state index in [1.54, 1.807) is 0 Å². The predicted octanol–water partition coefficient (Wildman–Crippen LogP) is 2.71. The lowest BCUT2D eigenvalue weighted by molar-refractivity contribution is -0.139. The molecule has 2 aromatic carbocycles. The zero-order chi connectivity index (χ0) is 18.0. The Kier molecular flexibility index (Phi) is 3.27. The van der Waals surface area contributed by atoms with Gasteiger partial charge < -0.3 is 10.8 Å². The Hall–Kier alpha value is -2.62. The van der Waals surface area contributed by atoms with Crippen molar-refractivity contribution in [1.82, 2.24) is 0 Å². The van der Waals surface area contributed by atoms with Gasteiger partial charge in [0.1, 0.15) is 0 Å². The molecule has 0 bridgehead atoms. The molecule has 4 aliphatic carbocycles. The van der Waals surface area contributed by atoms with Gasteiger partial charge in [0.25, 0.3) is 0 Å². The van der Waals surface area contributed by atoms with Gasteiger partial charge in [-0.3, -0.25) is 9.59 Å². The van der Waals surface area contributed by atoms with E-state index in [1.165, 1.54) is 22.3 Å². The molecule has 0 heterocycles. The first-order valence-corrected chi connectivity index (χ1v) is 9.25. The molecule has 6 atom stereocenters. The number of carbonyl (C=O) groups is 2. The van der Waals surface area contributed by atoms with Crippen LogP contribution in [0, 0.1) is 23.7 Å². The summed E-state index contributed by atoms with van der Waals surface area (Å²) < 4.78 is 0.